The molecule has 0 aliphatic heterocycles. The van der Waals surface area contributed by atoms with Crippen LogP contribution in [0.25, 0.3) is 0 Å². The number of halogens is 1. The molecule has 2 aromatic rings. The molecule has 0 atom stereocenters. The van der Waals surface area contributed by atoms with Crippen molar-refractivity contribution in [3.63, 3.8) is 0 Å². The quantitative estimate of drug-likeness (QED) is 0.928. The van der Waals surface area contributed by atoms with Crippen LogP contribution in [-0.2, 0) is 0 Å². The predicted octanol–water partition coefficient (Wildman–Crippen LogP) is 3.57. The molecule has 0 saturated heterocycles. The van der Waals surface area contributed by atoms with E-state index < -0.39 is 5.97 Å². The van der Waals surface area contributed by atoms with Gasteiger partial charge in [0.1, 0.15) is 16.8 Å². The predicted molar refractivity (Wildman–Crippen MR) is 74.2 cm³/mol. The fourth-order valence-electron chi connectivity index (χ4n) is 1.40. The standard InChI is InChI=1S/C13H7BrN2O2S/c14-8-4-5-10(13(17)18)11(6-8)19-12-3-1-2-9(7-15)16-12/h1-6H,(H,17,18). The molecule has 94 valence electrons. The Balaban J connectivity index is 2.40. The van der Waals surface area contributed by atoms with Crippen LogP contribution >= 0.6 is 27.7 Å². The highest BCUT2D eigenvalue weighted by atomic mass is 79.9. The minimum atomic E-state index is -0.994. The van der Waals surface area contributed by atoms with Crippen molar-refractivity contribution < 1.29 is 9.90 Å². The lowest BCUT2D eigenvalue weighted by Gasteiger charge is -2.06. The summed E-state index contributed by atoms with van der Waals surface area (Å²) in [4.78, 5) is 15.8. The molecule has 0 saturated carbocycles. The summed E-state index contributed by atoms with van der Waals surface area (Å²) in [5, 5.41) is 18.5. The molecule has 0 amide bonds. The molecule has 1 N–H and O–H groups in total. The Labute approximate surface area is 122 Å². The second-order valence-electron chi connectivity index (χ2n) is 3.52. The molecular formula is C13H7BrN2O2S. The van der Waals surface area contributed by atoms with Crippen molar-refractivity contribution in [2.75, 3.05) is 0 Å². The summed E-state index contributed by atoms with van der Waals surface area (Å²) in [7, 11) is 0. The van der Waals surface area contributed by atoms with E-state index in [0.29, 0.717) is 15.6 Å². The number of nitriles is 1. The Hall–Kier alpha value is -1.84. The Morgan fingerprint density at radius 3 is 2.84 bits per heavy atom. The van der Waals surface area contributed by atoms with E-state index in [0.717, 1.165) is 4.47 Å². The van der Waals surface area contributed by atoms with Crippen LogP contribution in [0.5, 0.6) is 0 Å². The van der Waals surface area contributed by atoms with Gasteiger partial charge in [-0.3, -0.25) is 0 Å². The summed E-state index contributed by atoms with van der Waals surface area (Å²) in [5.41, 5.74) is 0.509. The Morgan fingerprint density at radius 2 is 2.16 bits per heavy atom. The van der Waals surface area contributed by atoms with E-state index in [1.165, 1.54) is 17.8 Å². The first kappa shape index (κ1) is 13.6. The van der Waals surface area contributed by atoms with E-state index in [2.05, 4.69) is 20.9 Å². The Morgan fingerprint density at radius 1 is 1.37 bits per heavy atom. The fraction of sp³-hybridized carbons (Fsp3) is 0. The van der Waals surface area contributed by atoms with Crippen LogP contribution in [0.15, 0.2) is 50.8 Å². The fourth-order valence-corrected chi connectivity index (χ4v) is 2.88. The zero-order valence-electron chi connectivity index (χ0n) is 9.50. The van der Waals surface area contributed by atoms with E-state index in [-0.39, 0.29) is 5.56 Å². The first-order chi connectivity index (χ1) is 9.10. The second-order valence-corrected chi connectivity index (χ2v) is 5.50. The zero-order valence-corrected chi connectivity index (χ0v) is 11.9. The van der Waals surface area contributed by atoms with E-state index >= 15 is 0 Å². The van der Waals surface area contributed by atoms with Gasteiger partial charge >= 0.3 is 5.97 Å². The lowest BCUT2D eigenvalue weighted by atomic mass is 10.2. The average Bonchev–Trinajstić information content (AvgIpc) is 2.38. The molecule has 1 aromatic carbocycles. The molecule has 1 heterocycles. The summed E-state index contributed by atoms with van der Waals surface area (Å²) in [5.74, 6) is -0.994. The zero-order chi connectivity index (χ0) is 13.8. The van der Waals surface area contributed by atoms with Crippen molar-refractivity contribution >= 4 is 33.7 Å². The number of nitrogens with zero attached hydrogens (tertiary/aromatic N) is 2. The number of carboxylic acid groups (broad SMARTS) is 1. The van der Waals surface area contributed by atoms with Crippen LogP contribution in [0, 0.1) is 11.3 Å². The van der Waals surface area contributed by atoms with Gasteiger partial charge in [-0.1, -0.05) is 33.8 Å². The molecule has 6 heteroatoms. The molecular weight excluding hydrogens is 328 g/mol. The minimum absolute atomic E-state index is 0.206. The molecule has 0 unspecified atom stereocenters. The molecule has 0 spiro atoms. The normalized spacial score (nSPS) is 9.89. The Kier molecular flexibility index (Phi) is 4.20. The van der Waals surface area contributed by atoms with Crippen LogP contribution < -0.4 is 0 Å². The van der Waals surface area contributed by atoms with Crippen LogP contribution in [0.1, 0.15) is 16.1 Å². The number of pyridine rings is 1. The topological polar surface area (TPSA) is 74.0 Å². The van der Waals surface area contributed by atoms with Gasteiger partial charge in [0.2, 0.25) is 0 Å². The summed E-state index contributed by atoms with van der Waals surface area (Å²) in [6.45, 7) is 0. The first-order valence-corrected chi connectivity index (χ1v) is 6.79. The number of aromatic nitrogens is 1. The number of aromatic carboxylic acids is 1. The van der Waals surface area contributed by atoms with E-state index in [9.17, 15) is 4.79 Å². The third-order valence-electron chi connectivity index (χ3n) is 2.23. The number of rotatable bonds is 3. The number of hydrogen-bond donors (Lipinski definition) is 1. The van der Waals surface area contributed by atoms with Crippen molar-refractivity contribution in [2.24, 2.45) is 0 Å². The number of hydrogen-bond acceptors (Lipinski definition) is 4. The van der Waals surface area contributed by atoms with Crippen molar-refractivity contribution in [2.45, 2.75) is 9.92 Å². The van der Waals surface area contributed by atoms with Crippen LogP contribution in [-0.4, -0.2) is 16.1 Å². The minimum Gasteiger partial charge on any atom is -0.478 e. The molecule has 0 radical (unpaired) electrons. The number of carboxylic acids is 1. The third kappa shape index (κ3) is 3.34. The molecule has 0 aliphatic rings. The van der Waals surface area contributed by atoms with E-state index in [1.807, 2.05) is 6.07 Å². The Bertz CT molecular complexity index is 683. The van der Waals surface area contributed by atoms with Crippen molar-refractivity contribution in [3.8, 4) is 6.07 Å². The number of benzene rings is 1. The molecule has 0 fully saturated rings. The van der Waals surface area contributed by atoms with E-state index in [1.54, 1.807) is 30.3 Å². The number of carbonyl (C=O) groups is 1. The highest BCUT2D eigenvalue weighted by Gasteiger charge is 2.12. The highest BCUT2D eigenvalue weighted by molar-refractivity contribution is 9.10. The summed E-state index contributed by atoms with van der Waals surface area (Å²) >= 11 is 4.52. The van der Waals surface area contributed by atoms with Gasteiger partial charge in [-0.2, -0.15) is 5.26 Å². The van der Waals surface area contributed by atoms with Crippen LogP contribution in [0.4, 0.5) is 0 Å². The van der Waals surface area contributed by atoms with Gasteiger partial charge in [-0.15, -0.1) is 0 Å². The van der Waals surface area contributed by atoms with Gasteiger partial charge in [0.15, 0.2) is 0 Å². The maximum atomic E-state index is 11.1. The smallest absolute Gasteiger partial charge is 0.336 e. The van der Waals surface area contributed by atoms with Gasteiger partial charge < -0.3 is 5.11 Å². The summed E-state index contributed by atoms with van der Waals surface area (Å²) in [6.07, 6.45) is 0. The van der Waals surface area contributed by atoms with Crippen LogP contribution in [0.2, 0.25) is 0 Å². The summed E-state index contributed by atoms with van der Waals surface area (Å²) in [6, 6.07) is 11.9. The molecule has 1 aromatic heterocycles. The maximum absolute atomic E-state index is 11.1. The molecule has 4 nitrogen and oxygen atoms in total. The van der Waals surface area contributed by atoms with Gasteiger partial charge in [0.25, 0.3) is 0 Å². The third-order valence-corrected chi connectivity index (χ3v) is 3.71. The second kappa shape index (κ2) is 5.87. The molecule has 2 rings (SSSR count). The lowest BCUT2D eigenvalue weighted by Crippen LogP contribution is -1.98. The van der Waals surface area contributed by atoms with Gasteiger partial charge in [0, 0.05) is 9.37 Å². The molecule has 19 heavy (non-hydrogen) atoms. The van der Waals surface area contributed by atoms with Gasteiger partial charge in [-0.25, -0.2) is 9.78 Å². The van der Waals surface area contributed by atoms with Crippen molar-refractivity contribution in [1.82, 2.24) is 4.98 Å². The van der Waals surface area contributed by atoms with Gasteiger partial charge in [-0.05, 0) is 30.3 Å². The SMILES string of the molecule is N#Cc1cccc(Sc2cc(Br)ccc2C(=O)O)n1. The largest absolute Gasteiger partial charge is 0.478 e. The lowest BCUT2D eigenvalue weighted by molar-refractivity contribution is 0.0693. The maximum Gasteiger partial charge on any atom is 0.336 e. The van der Waals surface area contributed by atoms with Gasteiger partial charge in [0.05, 0.1) is 5.56 Å². The molecule has 0 aliphatic carbocycles. The van der Waals surface area contributed by atoms with Crippen molar-refractivity contribution in [3.05, 3.63) is 52.1 Å². The average molecular weight is 335 g/mol. The highest BCUT2D eigenvalue weighted by Crippen LogP contribution is 2.31. The monoisotopic (exact) mass is 334 g/mol. The summed E-state index contributed by atoms with van der Waals surface area (Å²) < 4.78 is 0.788. The van der Waals surface area contributed by atoms with Crippen molar-refractivity contribution in [1.29, 1.82) is 5.26 Å². The molecule has 0 bridgehead atoms. The van der Waals surface area contributed by atoms with Crippen LogP contribution in [0.3, 0.4) is 0 Å². The van der Waals surface area contributed by atoms with E-state index in [4.69, 9.17) is 10.4 Å². The first-order valence-electron chi connectivity index (χ1n) is 5.18.